The third-order valence-electron chi connectivity index (χ3n) is 2.88. The van der Waals surface area contributed by atoms with E-state index in [1.165, 1.54) is 6.07 Å². The molecular weight excluding hydrogens is 300 g/mol. The Kier molecular flexibility index (Phi) is 5.33. The van der Waals surface area contributed by atoms with E-state index in [0.717, 1.165) is 0 Å². The molecule has 2 aromatic rings. The molecule has 0 atom stereocenters. The first-order valence-electron chi connectivity index (χ1n) is 6.66. The van der Waals surface area contributed by atoms with Crippen LogP contribution in [0.2, 0.25) is 5.02 Å². The topological polar surface area (TPSA) is 58.2 Å². The number of hydrogen-bond donors (Lipinski definition) is 2. The van der Waals surface area contributed by atoms with E-state index in [9.17, 15) is 9.59 Å². The Morgan fingerprint density at radius 3 is 2.41 bits per heavy atom. The molecular formula is C17H15ClN2O2. The Hall–Kier alpha value is -2.59. The molecule has 4 nitrogen and oxygen atoms in total. The lowest BCUT2D eigenvalue weighted by Gasteiger charge is -2.07. The Morgan fingerprint density at radius 1 is 1.05 bits per heavy atom. The molecule has 2 aromatic carbocycles. The van der Waals surface area contributed by atoms with Gasteiger partial charge in [0, 0.05) is 28.4 Å². The van der Waals surface area contributed by atoms with Crippen molar-refractivity contribution in [2.45, 2.75) is 0 Å². The highest BCUT2D eigenvalue weighted by atomic mass is 35.5. The second kappa shape index (κ2) is 7.43. The highest BCUT2D eigenvalue weighted by molar-refractivity contribution is 6.31. The van der Waals surface area contributed by atoms with E-state index in [2.05, 4.69) is 17.2 Å². The maximum atomic E-state index is 12.2. The SMILES string of the molecule is C=CCNC(=O)c1cccc(C(=O)Nc2cccc(Cl)c2)c1. The van der Waals surface area contributed by atoms with Crippen LogP contribution in [0.1, 0.15) is 20.7 Å². The average molecular weight is 315 g/mol. The van der Waals surface area contributed by atoms with Crippen molar-refractivity contribution in [3.8, 4) is 0 Å². The molecule has 2 rings (SSSR count). The fourth-order valence-corrected chi connectivity index (χ4v) is 2.03. The van der Waals surface area contributed by atoms with Gasteiger partial charge in [0.2, 0.25) is 0 Å². The van der Waals surface area contributed by atoms with Gasteiger partial charge in [-0.3, -0.25) is 9.59 Å². The molecule has 0 heterocycles. The Balaban J connectivity index is 2.13. The fraction of sp³-hybridized carbons (Fsp3) is 0.0588. The van der Waals surface area contributed by atoms with Gasteiger partial charge in [-0.05, 0) is 36.4 Å². The molecule has 22 heavy (non-hydrogen) atoms. The third-order valence-corrected chi connectivity index (χ3v) is 3.11. The fourth-order valence-electron chi connectivity index (χ4n) is 1.84. The predicted octanol–water partition coefficient (Wildman–Crippen LogP) is 3.51. The average Bonchev–Trinajstić information content (AvgIpc) is 2.52. The molecule has 0 aliphatic rings. The van der Waals surface area contributed by atoms with E-state index in [1.807, 2.05) is 0 Å². The van der Waals surface area contributed by atoms with Gasteiger partial charge < -0.3 is 10.6 Å². The Labute approximate surface area is 133 Å². The zero-order valence-corrected chi connectivity index (χ0v) is 12.6. The van der Waals surface area contributed by atoms with Crippen molar-refractivity contribution in [2.24, 2.45) is 0 Å². The maximum absolute atomic E-state index is 12.2. The minimum absolute atomic E-state index is 0.252. The summed E-state index contributed by atoms with van der Waals surface area (Å²) in [6, 6.07) is 13.4. The van der Waals surface area contributed by atoms with Gasteiger partial charge in [0.15, 0.2) is 0 Å². The van der Waals surface area contributed by atoms with E-state index < -0.39 is 0 Å². The standard InChI is InChI=1S/C17H15ClN2O2/c1-2-9-19-16(21)12-5-3-6-13(10-12)17(22)20-15-8-4-7-14(18)11-15/h2-8,10-11H,1,9H2,(H,19,21)(H,20,22). The summed E-state index contributed by atoms with van der Waals surface area (Å²) < 4.78 is 0. The molecule has 0 aromatic heterocycles. The van der Waals surface area contributed by atoms with Gasteiger partial charge in [0.1, 0.15) is 0 Å². The zero-order valence-electron chi connectivity index (χ0n) is 11.8. The van der Waals surface area contributed by atoms with Gasteiger partial charge in [0.25, 0.3) is 11.8 Å². The second-order valence-electron chi connectivity index (χ2n) is 4.54. The first-order chi connectivity index (χ1) is 10.6. The van der Waals surface area contributed by atoms with Crippen LogP contribution in [0, 0.1) is 0 Å². The molecule has 2 amide bonds. The van der Waals surface area contributed by atoms with Crippen LogP contribution >= 0.6 is 11.6 Å². The number of amides is 2. The largest absolute Gasteiger partial charge is 0.349 e. The second-order valence-corrected chi connectivity index (χ2v) is 4.98. The van der Waals surface area contributed by atoms with Crippen LogP contribution in [0.4, 0.5) is 5.69 Å². The van der Waals surface area contributed by atoms with Gasteiger partial charge in [-0.25, -0.2) is 0 Å². The molecule has 0 bridgehead atoms. The molecule has 0 fully saturated rings. The molecule has 0 unspecified atom stereocenters. The first-order valence-corrected chi connectivity index (χ1v) is 7.04. The zero-order chi connectivity index (χ0) is 15.9. The third kappa shape index (κ3) is 4.20. The quantitative estimate of drug-likeness (QED) is 0.830. The van der Waals surface area contributed by atoms with Crippen molar-refractivity contribution >= 4 is 29.1 Å². The number of carbonyl (C=O) groups excluding carboxylic acids is 2. The number of hydrogen-bond acceptors (Lipinski definition) is 2. The molecule has 5 heteroatoms. The van der Waals surface area contributed by atoms with Crippen LogP contribution < -0.4 is 10.6 Å². The van der Waals surface area contributed by atoms with Crippen molar-refractivity contribution in [1.29, 1.82) is 0 Å². The Bertz CT molecular complexity index is 713. The van der Waals surface area contributed by atoms with Gasteiger partial charge in [-0.15, -0.1) is 6.58 Å². The molecule has 0 spiro atoms. The van der Waals surface area contributed by atoms with Gasteiger partial charge in [0.05, 0.1) is 0 Å². The van der Waals surface area contributed by atoms with Crippen molar-refractivity contribution in [3.05, 3.63) is 77.3 Å². The minimum Gasteiger partial charge on any atom is -0.349 e. The minimum atomic E-state index is -0.305. The van der Waals surface area contributed by atoms with Crippen molar-refractivity contribution < 1.29 is 9.59 Å². The summed E-state index contributed by atoms with van der Waals surface area (Å²) in [5.41, 5.74) is 1.41. The summed E-state index contributed by atoms with van der Waals surface area (Å²) in [6.45, 7) is 3.91. The molecule has 2 N–H and O–H groups in total. The van der Waals surface area contributed by atoms with Crippen LogP contribution in [0.3, 0.4) is 0 Å². The number of benzene rings is 2. The summed E-state index contributed by atoms with van der Waals surface area (Å²) >= 11 is 5.88. The molecule has 0 saturated heterocycles. The summed E-state index contributed by atoms with van der Waals surface area (Å²) in [4.78, 5) is 24.1. The van der Waals surface area contributed by atoms with E-state index in [0.29, 0.717) is 28.4 Å². The lowest BCUT2D eigenvalue weighted by Crippen LogP contribution is -2.23. The number of anilines is 1. The van der Waals surface area contributed by atoms with E-state index in [-0.39, 0.29) is 11.8 Å². The van der Waals surface area contributed by atoms with Gasteiger partial charge in [-0.1, -0.05) is 29.8 Å². The number of rotatable bonds is 5. The molecule has 0 aliphatic heterocycles. The summed E-state index contributed by atoms with van der Waals surface area (Å²) in [7, 11) is 0. The van der Waals surface area contributed by atoms with Crippen molar-refractivity contribution in [1.82, 2.24) is 5.32 Å². The molecule has 0 radical (unpaired) electrons. The summed E-state index contributed by atoms with van der Waals surface area (Å²) in [5.74, 6) is -0.557. The van der Waals surface area contributed by atoms with Crippen LogP contribution in [0.15, 0.2) is 61.2 Å². The summed E-state index contributed by atoms with van der Waals surface area (Å²) in [6.07, 6.45) is 1.59. The van der Waals surface area contributed by atoms with Crippen molar-refractivity contribution in [3.63, 3.8) is 0 Å². The van der Waals surface area contributed by atoms with E-state index in [1.54, 1.807) is 48.5 Å². The van der Waals surface area contributed by atoms with Gasteiger partial charge in [-0.2, -0.15) is 0 Å². The molecule has 0 aliphatic carbocycles. The Morgan fingerprint density at radius 2 is 1.73 bits per heavy atom. The maximum Gasteiger partial charge on any atom is 0.255 e. The number of halogens is 1. The lowest BCUT2D eigenvalue weighted by molar-refractivity contribution is 0.0958. The lowest BCUT2D eigenvalue weighted by atomic mass is 10.1. The highest BCUT2D eigenvalue weighted by Crippen LogP contribution is 2.16. The number of nitrogens with one attached hydrogen (secondary N) is 2. The van der Waals surface area contributed by atoms with Crippen LogP contribution in [0.5, 0.6) is 0 Å². The van der Waals surface area contributed by atoms with Crippen molar-refractivity contribution in [2.75, 3.05) is 11.9 Å². The number of carbonyl (C=O) groups is 2. The van der Waals surface area contributed by atoms with Crippen LogP contribution in [-0.2, 0) is 0 Å². The van der Waals surface area contributed by atoms with Crippen LogP contribution in [-0.4, -0.2) is 18.4 Å². The van der Waals surface area contributed by atoms with Crippen LogP contribution in [0.25, 0.3) is 0 Å². The molecule has 112 valence electrons. The monoisotopic (exact) mass is 314 g/mol. The van der Waals surface area contributed by atoms with E-state index in [4.69, 9.17) is 11.6 Å². The van der Waals surface area contributed by atoms with E-state index >= 15 is 0 Å². The summed E-state index contributed by atoms with van der Waals surface area (Å²) in [5, 5.41) is 5.94. The van der Waals surface area contributed by atoms with Gasteiger partial charge >= 0.3 is 0 Å². The predicted molar refractivity (Wildman–Crippen MR) is 88.4 cm³/mol. The molecule has 0 saturated carbocycles. The first kappa shape index (κ1) is 15.8. The smallest absolute Gasteiger partial charge is 0.255 e. The highest BCUT2D eigenvalue weighted by Gasteiger charge is 2.10. The normalized spacial score (nSPS) is 9.86.